The van der Waals surface area contributed by atoms with E-state index < -0.39 is 5.97 Å². The summed E-state index contributed by atoms with van der Waals surface area (Å²) >= 11 is 1.98. The molecule has 34 heavy (non-hydrogen) atoms. The third-order valence-corrected chi connectivity index (χ3v) is 7.51. The van der Waals surface area contributed by atoms with Crippen LogP contribution in [0.25, 0.3) is 0 Å². The summed E-state index contributed by atoms with van der Waals surface area (Å²) in [6.45, 7) is 7.54. The van der Waals surface area contributed by atoms with Crippen molar-refractivity contribution in [3.8, 4) is 17.6 Å². The summed E-state index contributed by atoms with van der Waals surface area (Å²) in [5, 5.41) is 9.12. The molecule has 0 amide bonds. The second-order valence-electron chi connectivity index (χ2n) is 8.70. The number of nitrogens with zero attached hydrogens (tertiary/aromatic N) is 1. The maximum atomic E-state index is 11.1. The van der Waals surface area contributed by atoms with Crippen molar-refractivity contribution < 1.29 is 14.6 Å². The molecule has 0 fully saturated rings. The summed E-state index contributed by atoms with van der Waals surface area (Å²) in [5.41, 5.74) is 4.85. The first kappa shape index (κ1) is 24.1. The molecule has 1 atom stereocenters. The van der Waals surface area contributed by atoms with Crippen molar-refractivity contribution in [2.45, 2.75) is 58.7 Å². The monoisotopic (exact) mass is 473 g/mol. The van der Waals surface area contributed by atoms with Crippen molar-refractivity contribution in [2.75, 3.05) is 6.54 Å². The molecule has 3 aromatic rings. The van der Waals surface area contributed by atoms with Gasteiger partial charge in [0.2, 0.25) is 0 Å². The van der Waals surface area contributed by atoms with Crippen LogP contribution in [0.4, 0.5) is 0 Å². The lowest BCUT2D eigenvalue weighted by molar-refractivity contribution is -0.137. The van der Waals surface area contributed by atoms with E-state index in [1.165, 1.54) is 16.0 Å². The van der Waals surface area contributed by atoms with E-state index in [4.69, 9.17) is 9.84 Å². The van der Waals surface area contributed by atoms with Crippen LogP contribution in [0.2, 0.25) is 0 Å². The van der Waals surface area contributed by atoms with Gasteiger partial charge < -0.3 is 9.84 Å². The molecule has 0 saturated heterocycles. The van der Waals surface area contributed by atoms with Crippen molar-refractivity contribution in [3.63, 3.8) is 0 Å². The fraction of sp³-hybridized carbons (Fsp3) is 0.345. The zero-order chi connectivity index (χ0) is 23.9. The highest BCUT2D eigenvalue weighted by molar-refractivity contribution is 7.12. The number of aryl methyl sites for hydroxylation is 1. The van der Waals surface area contributed by atoms with Crippen molar-refractivity contribution in [3.05, 3.63) is 86.6 Å². The van der Waals surface area contributed by atoms with Crippen LogP contribution < -0.4 is 4.74 Å². The molecule has 0 saturated carbocycles. The Hall–Kier alpha value is -3.07. The Morgan fingerprint density at radius 2 is 1.97 bits per heavy atom. The number of thiophene rings is 1. The molecule has 2 heterocycles. The van der Waals surface area contributed by atoms with Crippen molar-refractivity contribution in [1.82, 2.24) is 4.90 Å². The number of hydrogen-bond donors (Lipinski definition) is 1. The molecular formula is C29H31NO3S. The van der Waals surface area contributed by atoms with Crippen LogP contribution in [-0.2, 0) is 37.3 Å². The molecule has 0 bridgehead atoms. The SMILES string of the molecule is CC#C[C@@H](CC(=O)O)c1ccc(OCc2cccc(CN3CCc4sc(CC)cc4C3)c2)cc1. The summed E-state index contributed by atoms with van der Waals surface area (Å²) in [5.74, 6) is 5.42. The molecule has 0 radical (unpaired) electrons. The van der Waals surface area contributed by atoms with E-state index in [-0.39, 0.29) is 12.3 Å². The van der Waals surface area contributed by atoms with Gasteiger partial charge in [0, 0.05) is 29.4 Å². The lowest BCUT2D eigenvalue weighted by Crippen LogP contribution is -2.29. The Balaban J connectivity index is 1.34. The van der Waals surface area contributed by atoms with E-state index in [9.17, 15) is 4.79 Å². The molecule has 5 heteroatoms. The Bertz CT molecular complexity index is 1190. The van der Waals surface area contributed by atoms with Gasteiger partial charge in [0.05, 0.1) is 12.3 Å². The van der Waals surface area contributed by atoms with Crippen LogP contribution in [0, 0.1) is 11.8 Å². The summed E-state index contributed by atoms with van der Waals surface area (Å²) < 4.78 is 6.01. The molecule has 176 valence electrons. The molecular weight excluding hydrogens is 442 g/mol. The molecule has 0 unspecified atom stereocenters. The summed E-state index contributed by atoms with van der Waals surface area (Å²) in [6.07, 6.45) is 2.27. The number of fused-ring (bicyclic) bond motifs is 1. The number of rotatable bonds is 9. The third-order valence-electron chi connectivity index (χ3n) is 6.13. The Morgan fingerprint density at radius 3 is 2.71 bits per heavy atom. The standard InChI is InChI=1S/C29H31NO3S/c1-3-6-24(17-29(31)32)23-9-11-26(12-10-23)33-20-22-8-5-7-21(15-22)18-30-14-13-28-25(19-30)16-27(4-2)34-28/h5,7-12,15-16,24H,4,13-14,17-20H2,1-2H3,(H,31,32)/t24-/m0/s1. The maximum absolute atomic E-state index is 11.1. The molecule has 0 aliphatic carbocycles. The number of carbonyl (C=O) groups is 1. The fourth-order valence-electron chi connectivity index (χ4n) is 4.40. The topological polar surface area (TPSA) is 49.8 Å². The molecule has 1 N–H and O–H groups in total. The van der Waals surface area contributed by atoms with Gasteiger partial charge in [-0.25, -0.2) is 0 Å². The second-order valence-corrected chi connectivity index (χ2v) is 9.92. The number of aliphatic carboxylic acids is 1. The first-order chi connectivity index (χ1) is 16.5. The molecule has 0 spiro atoms. The van der Waals surface area contributed by atoms with Gasteiger partial charge in [0.1, 0.15) is 12.4 Å². The number of carboxylic acid groups (broad SMARTS) is 1. The highest BCUT2D eigenvalue weighted by Crippen LogP contribution is 2.29. The van der Waals surface area contributed by atoms with Crippen LogP contribution in [-0.4, -0.2) is 22.5 Å². The lowest BCUT2D eigenvalue weighted by Gasteiger charge is -2.27. The maximum Gasteiger partial charge on any atom is 0.304 e. The summed E-state index contributed by atoms with van der Waals surface area (Å²) in [4.78, 5) is 16.7. The quantitative estimate of drug-likeness (QED) is 0.386. The Labute approximate surface area is 206 Å². The predicted molar refractivity (Wildman–Crippen MR) is 137 cm³/mol. The predicted octanol–water partition coefficient (Wildman–Crippen LogP) is 6.03. The molecule has 2 aromatic carbocycles. The second kappa shape index (κ2) is 11.4. The fourth-order valence-corrected chi connectivity index (χ4v) is 5.51. The number of carboxylic acids is 1. The molecule has 1 aliphatic rings. The third kappa shape index (κ3) is 6.28. The summed E-state index contributed by atoms with van der Waals surface area (Å²) in [6, 6.07) is 18.6. The van der Waals surface area contributed by atoms with Gasteiger partial charge in [-0.2, -0.15) is 0 Å². The average Bonchev–Trinajstić information content (AvgIpc) is 3.25. The zero-order valence-corrected chi connectivity index (χ0v) is 20.7. The van der Waals surface area contributed by atoms with Crippen LogP contribution in [0.1, 0.15) is 58.2 Å². The van der Waals surface area contributed by atoms with Gasteiger partial charge in [0.25, 0.3) is 0 Å². The van der Waals surface area contributed by atoms with Crippen LogP contribution in [0.5, 0.6) is 5.75 Å². The largest absolute Gasteiger partial charge is 0.489 e. The number of ether oxygens (including phenoxy) is 1. The highest BCUT2D eigenvalue weighted by atomic mass is 32.1. The van der Waals surface area contributed by atoms with Crippen LogP contribution in [0.3, 0.4) is 0 Å². The van der Waals surface area contributed by atoms with E-state index in [1.54, 1.807) is 11.8 Å². The van der Waals surface area contributed by atoms with Gasteiger partial charge in [-0.15, -0.1) is 17.3 Å². The van der Waals surface area contributed by atoms with E-state index in [1.807, 2.05) is 35.6 Å². The van der Waals surface area contributed by atoms with Crippen molar-refractivity contribution in [2.24, 2.45) is 0 Å². The van der Waals surface area contributed by atoms with E-state index >= 15 is 0 Å². The molecule has 1 aromatic heterocycles. The first-order valence-corrected chi connectivity index (χ1v) is 12.6. The minimum absolute atomic E-state index is 0.00164. The highest BCUT2D eigenvalue weighted by Gasteiger charge is 2.19. The van der Waals surface area contributed by atoms with Gasteiger partial charge >= 0.3 is 5.97 Å². The van der Waals surface area contributed by atoms with Gasteiger partial charge in [-0.05, 0) is 60.2 Å². The van der Waals surface area contributed by atoms with Gasteiger partial charge in [0.15, 0.2) is 0 Å². The Kier molecular flexibility index (Phi) is 8.05. The van der Waals surface area contributed by atoms with E-state index in [0.29, 0.717) is 6.61 Å². The Morgan fingerprint density at radius 1 is 1.18 bits per heavy atom. The lowest BCUT2D eigenvalue weighted by atomic mass is 9.96. The molecule has 4 nitrogen and oxygen atoms in total. The minimum Gasteiger partial charge on any atom is -0.489 e. The molecule has 1 aliphatic heterocycles. The van der Waals surface area contributed by atoms with E-state index in [2.05, 4.69) is 54.0 Å². The van der Waals surface area contributed by atoms with E-state index in [0.717, 1.165) is 49.4 Å². The average molecular weight is 474 g/mol. The van der Waals surface area contributed by atoms with Gasteiger partial charge in [-0.3, -0.25) is 9.69 Å². The number of hydrogen-bond acceptors (Lipinski definition) is 4. The van der Waals surface area contributed by atoms with Crippen LogP contribution >= 0.6 is 11.3 Å². The van der Waals surface area contributed by atoms with Crippen molar-refractivity contribution >= 4 is 17.3 Å². The van der Waals surface area contributed by atoms with Crippen molar-refractivity contribution in [1.29, 1.82) is 0 Å². The zero-order valence-electron chi connectivity index (χ0n) is 19.8. The normalized spacial score (nSPS) is 14.1. The minimum atomic E-state index is -0.848. The number of benzene rings is 2. The van der Waals surface area contributed by atoms with Crippen LogP contribution in [0.15, 0.2) is 54.6 Å². The molecule has 4 rings (SSSR count). The first-order valence-electron chi connectivity index (χ1n) is 11.8. The smallest absolute Gasteiger partial charge is 0.304 e. The van der Waals surface area contributed by atoms with Gasteiger partial charge in [-0.1, -0.05) is 49.2 Å². The summed E-state index contributed by atoms with van der Waals surface area (Å²) in [7, 11) is 0.